The third kappa shape index (κ3) is 2.62. The second-order valence-corrected chi connectivity index (χ2v) is 3.80. The Labute approximate surface area is 107 Å². The van der Waals surface area contributed by atoms with Gasteiger partial charge in [-0.2, -0.15) is 0 Å². The molecular weight excluding hydrogens is 259 g/mol. The molecule has 0 saturated carbocycles. The van der Waals surface area contributed by atoms with Crippen molar-refractivity contribution in [3.63, 3.8) is 0 Å². The number of nitrogens with one attached hydrogen (secondary N) is 1. The minimum Gasteiger partial charge on any atom is -0.456 e. The summed E-state index contributed by atoms with van der Waals surface area (Å²) in [5, 5.41) is 2.12. The predicted molar refractivity (Wildman–Crippen MR) is 62.4 cm³/mol. The average Bonchev–Trinajstić information content (AvgIpc) is 2.88. The lowest BCUT2D eigenvalue weighted by Crippen LogP contribution is -2.13. The number of benzene rings is 1. The number of rotatable bonds is 3. The van der Waals surface area contributed by atoms with E-state index in [-0.39, 0.29) is 5.76 Å². The molecule has 1 aromatic heterocycles. The van der Waals surface area contributed by atoms with Crippen LogP contribution >= 0.6 is 0 Å². The number of hydrogen-bond donors (Lipinski definition) is 1. The lowest BCUT2D eigenvalue weighted by molar-refractivity contribution is 0.0994. The van der Waals surface area contributed by atoms with Gasteiger partial charge in [0.1, 0.15) is 5.76 Å². The molecular formula is C13H10F3NO2. The van der Waals surface area contributed by atoms with Crippen LogP contribution in [0.5, 0.6) is 0 Å². The zero-order chi connectivity index (χ0) is 14.0. The first kappa shape index (κ1) is 13.2. The summed E-state index contributed by atoms with van der Waals surface area (Å²) in [6.45, 7) is 1.84. The second kappa shape index (κ2) is 5.17. The van der Waals surface area contributed by atoms with Gasteiger partial charge >= 0.3 is 0 Å². The zero-order valence-corrected chi connectivity index (χ0v) is 9.97. The number of carbonyl (C=O) groups is 1. The lowest BCUT2D eigenvalue weighted by Gasteiger charge is -2.05. The van der Waals surface area contributed by atoms with Crippen molar-refractivity contribution in [2.24, 2.45) is 0 Å². The fourth-order valence-corrected chi connectivity index (χ4v) is 1.50. The Morgan fingerprint density at radius 2 is 1.89 bits per heavy atom. The quantitative estimate of drug-likeness (QED) is 0.866. The van der Waals surface area contributed by atoms with Gasteiger partial charge in [0.25, 0.3) is 5.91 Å². The van der Waals surface area contributed by atoms with Gasteiger partial charge in [-0.3, -0.25) is 4.79 Å². The Bertz CT molecular complexity index is 622. The molecule has 0 bridgehead atoms. The standard InChI is InChI=1S/C13H10F3NO2/c1-2-7-3-6-10(19-7)13(18)17-9-5-4-8(14)11(15)12(9)16/h3-6H,2H2,1H3,(H,17,18). The summed E-state index contributed by atoms with van der Waals surface area (Å²) < 4.78 is 44.2. The SMILES string of the molecule is CCc1ccc(C(=O)Nc2ccc(F)c(F)c2F)o1. The van der Waals surface area contributed by atoms with E-state index in [4.69, 9.17) is 4.42 Å². The maximum Gasteiger partial charge on any atom is 0.291 e. The maximum absolute atomic E-state index is 13.3. The number of furan rings is 1. The first-order valence-electron chi connectivity index (χ1n) is 5.56. The van der Waals surface area contributed by atoms with E-state index in [1.807, 2.05) is 6.92 Å². The summed E-state index contributed by atoms with van der Waals surface area (Å²) in [6.07, 6.45) is 0.604. The van der Waals surface area contributed by atoms with E-state index >= 15 is 0 Å². The molecule has 0 aliphatic rings. The highest BCUT2D eigenvalue weighted by Crippen LogP contribution is 2.20. The van der Waals surface area contributed by atoms with Gasteiger partial charge in [-0.05, 0) is 24.3 Å². The molecule has 0 fully saturated rings. The molecule has 1 N–H and O–H groups in total. The fraction of sp³-hybridized carbons (Fsp3) is 0.154. The summed E-state index contributed by atoms with van der Waals surface area (Å²) >= 11 is 0. The Hall–Kier alpha value is -2.24. The van der Waals surface area contributed by atoms with Crippen LogP contribution in [0.15, 0.2) is 28.7 Å². The van der Waals surface area contributed by atoms with Gasteiger partial charge in [0.15, 0.2) is 23.2 Å². The van der Waals surface area contributed by atoms with Crippen LogP contribution in [0.2, 0.25) is 0 Å². The monoisotopic (exact) mass is 269 g/mol. The minimum absolute atomic E-state index is 0.0269. The van der Waals surface area contributed by atoms with Crippen molar-refractivity contribution in [3.8, 4) is 0 Å². The molecule has 1 amide bonds. The van der Waals surface area contributed by atoms with Crippen LogP contribution in [0.4, 0.5) is 18.9 Å². The highest BCUT2D eigenvalue weighted by Gasteiger charge is 2.17. The van der Waals surface area contributed by atoms with Crippen molar-refractivity contribution < 1.29 is 22.4 Å². The topological polar surface area (TPSA) is 42.2 Å². The van der Waals surface area contributed by atoms with Crippen molar-refractivity contribution in [2.45, 2.75) is 13.3 Å². The number of halogens is 3. The predicted octanol–water partition coefficient (Wildman–Crippen LogP) is 3.51. The first-order chi connectivity index (χ1) is 9.02. The Morgan fingerprint density at radius 3 is 2.53 bits per heavy atom. The minimum atomic E-state index is -1.63. The van der Waals surface area contributed by atoms with Crippen LogP contribution in [0.1, 0.15) is 23.2 Å². The summed E-state index contributed by atoms with van der Waals surface area (Å²) in [5.74, 6) is -4.56. The van der Waals surface area contributed by atoms with Crippen molar-refractivity contribution in [1.29, 1.82) is 0 Å². The molecule has 0 aliphatic heterocycles. The number of hydrogen-bond acceptors (Lipinski definition) is 2. The van der Waals surface area contributed by atoms with E-state index in [0.717, 1.165) is 12.1 Å². The van der Waals surface area contributed by atoms with E-state index in [1.165, 1.54) is 6.07 Å². The highest BCUT2D eigenvalue weighted by atomic mass is 19.2. The van der Waals surface area contributed by atoms with Gasteiger partial charge in [0.2, 0.25) is 0 Å². The smallest absolute Gasteiger partial charge is 0.291 e. The van der Waals surface area contributed by atoms with Gasteiger partial charge in [-0.15, -0.1) is 0 Å². The van der Waals surface area contributed by atoms with E-state index in [0.29, 0.717) is 12.2 Å². The Morgan fingerprint density at radius 1 is 1.16 bits per heavy atom. The van der Waals surface area contributed by atoms with Crippen LogP contribution in [-0.2, 0) is 6.42 Å². The summed E-state index contributed by atoms with van der Waals surface area (Å²) in [5.41, 5.74) is -0.446. The molecule has 0 spiro atoms. The average molecular weight is 269 g/mol. The molecule has 6 heteroatoms. The third-order valence-electron chi connectivity index (χ3n) is 2.52. The summed E-state index contributed by atoms with van der Waals surface area (Å²) in [4.78, 5) is 11.7. The molecule has 19 heavy (non-hydrogen) atoms. The van der Waals surface area contributed by atoms with Gasteiger partial charge < -0.3 is 9.73 Å². The molecule has 0 unspecified atom stereocenters. The van der Waals surface area contributed by atoms with Gasteiger partial charge in [0.05, 0.1) is 5.69 Å². The van der Waals surface area contributed by atoms with E-state index in [9.17, 15) is 18.0 Å². The fourth-order valence-electron chi connectivity index (χ4n) is 1.50. The molecule has 100 valence electrons. The van der Waals surface area contributed by atoms with Crippen LogP contribution in [0.25, 0.3) is 0 Å². The molecule has 0 radical (unpaired) electrons. The molecule has 1 heterocycles. The van der Waals surface area contributed by atoms with E-state index < -0.39 is 29.0 Å². The van der Waals surface area contributed by atoms with Crippen molar-refractivity contribution in [2.75, 3.05) is 5.32 Å². The van der Waals surface area contributed by atoms with Gasteiger partial charge in [-0.1, -0.05) is 6.92 Å². The first-order valence-corrected chi connectivity index (χ1v) is 5.56. The van der Waals surface area contributed by atoms with Crippen molar-refractivity contribution in [1.82, 2.24) is 0 Å². The van der Waals surface area contributed by atoms with Crippen LogP contribution in [0.3, 0.4) is 0 Å². The molecule has 0 aliphatic carbocycles. The number of amides is 1. The molecule has 0 atom stereocenters. The molecule has 2 aromatic rings. The van der Waals surface area contributed by atoms with E-state index in [2.05, 4.69) is 5.32 Å². The number of aryl methyl sites for hydroxylation is 1. The molecule has 0 saturated heterocycles. The summed E-state index contributed by atoms with van der Waals surface area (Å²) in [6, 6.07) is 4.70. The second-order valence-electron chi connectivity index (χ2n) is 3.80. The Balaban J connectivity index is 2.21. The van der Waals surface area contributed by atoms with Crippen molar-refractivity contribution >= 4 is 11.6 Å². The number of carbonyl (C=O) groups excluding carboxylic acids is 1. The van der Waals surface area contributed by atoms with Crippen molar-refractivity contribution in [3.05, 3.63) is 53.2 Å². The van der Waals surface area contributed by atoms with Gasteiger partial charge in [0, 0.05) is 6.42 Å². The summed E-state index contributed by atoms with van der Waals surface area (Å²) in [7, 11) is 0. The largest absolute Gasteiger partial charge is 0.456 e. The van der Waals surface area contributed by atoms with E-state index in [1.54, 1.807) is 6.07 Å². The molecule has 3 nitrogen and oxygen atoms in total. The van der Waals surface area contributed by atoms with Crippen LogP contribution in [0, 0.1) is 17.5 Å². The lowest BCUT2D eigenvalue weighted by atomic mass is 10.2. The van der Waals surface area contributed by atoms with Crippen LogP contribution in [-0.4, -0.2) is 5.91 Å². The third-order valence-corrected chi connectivity index (χ3v) is 2.52. The number of anilines is 1. The van der Waals surface area contributed by atoms with Gasteiger partial charge in [-0.25, -0.2) is 13.2 Å². The zero-order valence-electron chi connectivity index (χ0n) is 9.97. The molecule has 1 aromatic carbocycles. The molecule has 2 rings (SSSR count). The maximum atomic E-state index is 13.3. The van der Waals surface area contributed by atoms with Crippen LogP contribution < -0.4 is 5.32 Å². The normalized spacial score (nSPS) is 10.5. The highest BCUT2D eigenvalue weighted by molar-refractivity contribution is 6.02. The Kier molecular flexibility index (Phi) is 3.59.